The third kappa shape index (κ3) is 4.98. The number of hydroxylamine groups is 1. The predicted molar refractivity (Wildman–Crippen MR) is 149 cm³/mol. The van der Waals surface area contributed by atoms with Crippen molar-refractivity contribution in [2.24, 2.45) is 5.41 Å². The van der Waals surface area contributed by atoms with E-state index in [0.29, 0.717) is 53.1 Å². The molecule has 4 aliphatic rings. The van der Waals surface area contributed by atoms with E-state index in [9.17, 15) is 14.7 Å². The van der Waals surface area contributed by atoms with Crippen LogP contribution in [0.15, 0.2) is 54.1 Å². The highest BCUT2D eigenvalue weighted by Gasteiger charge is 2.47. The maximum atomic E-state index is 14.1. The number of pyridine rings is 1. The van der Waals surface area contributed by atoms with Gasteiger partial charge >= 0.3 is 6.09 Å². The number of halogens is 2. The van der Waals surface area contributed by atoms with E-state index in [0.717, 1.165) is 38.8 Å². The lowest BCUT2D eigenvalue weighted by Crippen LogP contribution is -2.53. The Morgan fingerprint density at radius 3 is 2.26 bits per heavy atom. The summed E-state index contributed by atoms with van der Waals surface area (Å²) in [6.45, 7) is 3.81. The average Bonchev–Trinajstić information content (AvgIpc) is 3.34. The van der Waals surface area contributed by atoms with Gasteiger partial charge in [-0.3, -0.25) is 9.78 Å². The topological polar surface area (TPSA) is 89.5 Å². The number of anilines is 2. The second-order valence-electron chi connectivity index (χ2n) is 10.8. The molecule has 0 aliphatic carbocycles. The van der Waals surface area contributed by atoms with Gasteiger partial charge in [-0.2, -0.15) is 5.06 Å². The summed E-state index contributed by atoms with van der Waals surface area (Å²) in [7, 11) is 0. The second kappa shape index (κ2) is 10.4. The van der Waals surface area contributed by atoms with Gasteiger partial charge in [-0.05, 0) is 61.4 Å². The average molecular weight is 572 g/mol. The van der Waals surface area contributed by atoms with Gasteiger partial charge in [0.05, 0.1) is 22.3 Å². The van der Waals surface area contributed by atoms with Crippen LogP contribution < -0.4 is 9.96 Å². The van der Waals surface area contributed by atoms with Gasteiger partial charge in [-0.15, -0.1) is 0 Å². The van der Waals surface area contributed by atoms with E-state index < -0.39 is 12.1 Å². The van der Waals surface area contributed by atoms with Gasteiger partial charge in [-0.25, -0.2) is 4.79 Å². The van der Waals surface area contributed by atoms with Crippen LogP contribution in [0, 0.1) is 5.41 Å². The number of piperidine rings is 2. The molecule has 11 heteroatoms. The van der Waals surface area contributed by atoms with Crippen molar-refractivity contribution in [2.75, 3.05) is 49.2 Å². The molecule has 0 bridgehead atoms. The van der Waals surface area contributed by atoms with Crippen molar-refractivity contribution in [1.29, 1.82) is 0 Å². The molecule has 2 saturated heterocycles. The molecular formula is C28H31Cl2N5O4. The maximum Gasteiger partial charge on any atom is 0.407 e. The molecule has 206 valence electrons. The quantitative estimate of drug-likeness (QED) is 0.551. The molecule has 1 unspecified atom stereocenters. The Morgan fingerprint density at radius 2 is 1.59 bits per heavy atom. The minimum Gasteiger partial charge on any atom is -0.465 e. The standard InChI is InChI=1S/C28H31Cl2N5O4/c29-22-2-1-20(17-23(22)30)35-25(21-18-34(27(37)38)12-5-24(21)39-35)26(36)33-15-8-28(9-16-33)6-13-32(14-7-28)19-3-10-31-11-4-19/h1-4,10-11,17,25H,5-9,12-16,18H2,(H,37,38). The van der Waals surface area contributed by atoms with E-state index in [1.807, 2.05) is 17.3 Å². The molecule has 1 aromatic carbocycles. The Balaban J connectivity index is 1.18. The molecule has 1 spiro atoms. The second-order valence-corrected chi connectivity index (χ2v) is 11.7. The van der Waals surface area contributed by atoms with Gasteiger partial charge < -0.3 is 24.6 Å². The number of likely N-dealkylation sites (tertiary alicyclic amines) is 1. The molecule has 6 rings (SSSR count). The summed E-state index contributed by atoms with van der Waals surface area (Å²) in [5, 5.41) is 12.0. The van der Waals surface area contributed by atoms with Crippen LogP contribution in [0.25, 0.3) is 0 Å². The van der Waals surface area contributed by atoms with E-state index in [1.54, 1.807) is 23.3 Å². The lowest BCUT2D eigenvalue weighted by molar-refractivity contribution is -0.135. The van der Waals surface area contributed by atoms with Gasteiger partial charge in [0.2, 0.25) is 0 Å². The summed E-state index contributed by atoms with van der Waals surface area (Å²) in [5.74, 6) is 0.594. The zero-order valence-corrected chi connectivity index (χ0v) is 23.1. The molecule has 2 fully saturated rings. The van der Waals surface area contributed by atoms with Crippen molar-refractivity contribution in [3.63, 3.8) is 0 Å². The summed E-state index contributed by atoms with van der Waals surface area (Å²) in [6, 6.07) is 8.49. The highest BCUT2D eigenvalue weighted by atomic mass is 35.5. The number of hydrogen-bond acceptors (Lipinski definition) is 6. The first-order valence-corrected chi connectivity index (χ1v) is 14.1. The van der Waals surface area contributed by atoms with Gasteiger partial charge in [0, 0.05) is 62.8 Å². The summed E-state index contributed by atoms with van der Waals surface area (Å²) in [5.41, 5.74) is 2.76. The fourth-order valence-corrected chi connectivity index (χ4v) is 6.62. The van der Waals surface area contributed by atoms with Crippen LogP contribution in [0.4, 0.5) is 16.2 Å². The summed E-state index contributed by atoms with van der Waals surface area (Å²) >= 11 is 12.4. The fraction of sp³-hybridized carbons (Fsp3) is 0.464. The Kier molecular flexibility index (Phi) is 6.97. The van der Waals surface area contributed by atoms with Crippen molar-refractivity contribution in [3.05, 3.63) is 64.1 Å². The summed E-state index contributed by atoms with van der Waals surface area (Å²) in [4.78, 5) is 41.9. The minimum atomic E-state index is -1.00. The van der Waals surface area contributed by atoms with Crippen molar-refractivity contribution in [3.8, 4) is 0 Å². The Labute approximate surface area is 237 Å². The molecule has 0 radical (unpaired) electrons. The highest BCUT2D eigenvalue weighted by Crippen LogP contribution is 2.44. The van der Waals surface area contributed by atoms with Crippen LogP contribution in [-0.2, 0) is 9.63 Å². The van der Waals surface area contributed by atoms with Crippen molar-refractivity contribution in [1.82, 2.24) is 14.8 Å². The first kappa shape index (κ1) is 26.1. The fourth-order valence-electron chi connectivity index (χ4n) is 6.33. The van der Waals surface area contributed by atoms with Crippen LogP contribution >= 0.6 is 23.2 Å². The number of hydrogen-bond donors (Lipinski definition) is 1. The number of carbonyl (C=O) groups is 2. The Morgan fingerprint density at radius 1 is 0.897 bits per heavy atom. The molecule has 1 N–H and O–H groups in total. The number of nitrogens with zero attached hydrogens (tertiary/aromatic N) is 5. The van der Waals surface area contributed by atoms with E-state index in [-0.39, 0.29) is 17.9 Å². The molecule has 2 aromatic rings. The van der Waals surface area contributed by atoms with Gasteiger partial charge in [-0.1, -0.05) is 23.2 Å². The lowest BCUT2D eigenvalue weighted by Gasteiger charge is -2.48. The van der Waals surface area contributed by atoms with E-state index >= 15 is 0 Å². The van der Waals surface area contributed by atoms with Crippen molar-refractivity contribution >= 4 is 46.6 Å². The number of carbonyl (C=O) groups excluding carboxylic acids is 1. The van der Waals surface area contributed by atoms with E-state index in [4.69, 9.17) is 28.0 Å². The van der Waals surface area contributed by atoms with E-state index in [1.165, 1.54) is 10.6 Å². The molecule has 2 amide bonds. The van der Waals surface area contributed by atoms with Gasteiger partial charge in [0.25, 0.3) is 5.91 Å². The molecule has 5 heterocycles. The van der Waals surface area contributed by atoms with Crippen molar-refractivity contribution in [2.45, 2.75) is 38.1 Å². The molecule has 1 aromatic heterocycles. The highest BCUT2D eigenvalue weighted by molar-refractivity contribution is 6.42. The number of amides is 2. The number of aromatic nitrogens is 1. The zero-order chi connectivity index (χ0) is 27.1. The summed E-state index contributed by atoms with van der Waals surface area (Å²) in [6.07, 6.45) is 7.19. The molecular weight excluding hydrogens is 541 g/mol. The van der Waals surface area contributed by atoms with E-state index in [2.05, 4.69) is 22.0 Å². The van der Waals surface area contributed by atoms with Crippen LogP contribution in [0.5, 0.6) is 0 Å². The largest absolute Gasteiger partial charge is 0.465 e. The number of rotatable bonds is 3. The van der Waals surface area contributed by atoms with Crippen molar-refractivity contribution < 1.29 is 19.5 Å². The smallest absolute Gasteiger partial charge is 0.407 e. The molecule has 4 aliphatic heterocycles. The summed E-state index contributed by atoms with van der Waals surface area (Å²) < 4.78 is 0. The lowest BCUT2D eigenvalue weighted by atomic mass is 9.71. The first-order valence-electron chi connectivity index (χ1n) is 13.4. The molecule has 1 atom stereocenters. The molecule has 9 nitrogen and oxygen atoms in total. The molecule has 0 saturated carbocycles. The van der Waals surface area contributed by atoms with Gasteiger partial charge in [0.15, 0.2) is 6.04 Å². The zero-order valence-electron chi connectivity index (χ0n) is 21.6. The van der Waals surface area contributed by atoms with Crippen LogP contribution in [0.3, 0.4) is 0 Å². The minimum absolute atomic E-state index is 0.0672. The predicted octanol–water partition coefficient (Wildman–Crippen LogP) is 5.06. The normalized spacial score (nSPS) is 22.7. The third-order valence-electron chi connectivity index (χ3n) is 8.75. The SMILES string of the molecule is O=C(O)N1CCC2=C(C1)C(C(=O)N1CCC3(CC1)CCN(c1ccncc1)CC3)N(c1ccc(Cl)c(Cl)c1)O2. The monoisotopic (exact) mass is 571 g/mol. The maximum absolute atomic E-state index is 14.1. The number of carboxylic acid groups (broad SMARTS) is 1. The molecule has 39 heavy (non-hydrogen) atoms. The Hall–Kier alpha value is -3.17. The van der Waals surface area contributed by atoms with Crippen LogP contribution in [0.1, 0.15) is 32.1 Å². The van der Waals surface area contributed by atoms with Crippen LogP contribution in [-0.4, -0.2) is 77.2 Å². The van der Waals surface area contributed by atoms with Crippen LogP contribution in [0.2, 0.25) is 10.0 Å². The van der Waals surface area contributed by atoms with Gasteiger partial charge in [0.1, 0.15) is 5.76 Å². The Bertz CT molecular complexity index is 1290. The third-order valence-corrected chi connectivity index (χ3v) is 9.49. The first-order chi connectivity index (χ1) is 18.8. The number of benzene rings is 1.